The monoisotopic (exact) mass is 497 g/mol. The minimum Gasteiger partial charge on any atom is -0.495 e. The highest BCUT2D eigenvalue weighted by Gasteiger charge is 2.16. The first-order valence-electron chi connectivity index (χ1n) is 10.2. The average Bonchev–Trinajstić information content (AvgIpc) is 3.27. The van der Waals surface area contributed by atoms with Crippen LogP contribution < -0.4 is 15.6 Å². The van der Waals surface area contributed by atoms with Gasteiger partial charge < -0.3 is 14.6 Å². The molecule has 2 aromatic heterocycles. The van der Waals surface area contributed by atoms with Gasteiger partial charge in [0.15, 0.2) is 11.0 Å². The summed E-state index contributed by atoms with van der Waals surface area (Å²) in [5, 5.41) is 8.07. The Morgan fingerprint density at radius 1 is 1.29 bits per heavy atom. The molecule has 0 atom stereocenters. The second-order valence-electron chi connectivity index (χ2n) is 7.08. The van der Waals surface area contributed by atoms with E-state index in [1.165, 1.54) is 23.4 Å². The maximum absolute atomic E-state index is 12.9. The Kier molecular flexibility index (Phi) is 7.29. The number of rotatable bonds is 9. The van der Waals surface area contributed by atoms with Gasteiger partial charge >= 0.3 is 0 Å². The molecule has 0 aliphatic rings. The molecule has 0 saturated carbocycles. The van der Waals surface area contributed by atoms with Crippen molar-refractivity contribution in [2.24, 2.45) is 0 Å². The Balaban J connectivity index is 1.46. The van der Waals surface area contributed by atoms with Crippen molar-refractivity contribution in [1.29, 1.82) is 0 Å². The van der Waals surface area contributed by atoms with Crippen LogP contribution in [0.15, 0.2) is 69.6 Å². The fourth-order valence-corrected chi connectivity index (χ4v) is 4.22. The van der Waals surface area contributed by atoms with E-state index in [-0.39, 0.29) is 29.5 Å². The number of hydrogen-bond acceptors (Lipinski definition) is 8. The SMILES string of the molecule is C=CCn1c(SCc2nc(CC(=O)Nc3ccccc3OC)no2)nc2cc(Cl)ccc2c1=O. The first-order valence-corrected chi connectivity index (χ1v) is 11.5. The van der Waals surface area contributed by atoms with Crippen LogP contribution in [-0.4, -0.2) is 32.7 Å². The Morgan fingerprint density at radius 3 is 2.91 bits per heavy atom. The number of aromatic nitrogens is 4. The van der Waals surface area contributed by atoms with Crippen LogP contribution in [0.1, 0.15) is 11.7 Å². The Bertz CT molecular complexity index is 1420. The van der Waals surface area contributed by atoms with E-state index in [0.29, 0.717) is 45.0 Å². The number of halogens is 1. The van der Waals surface area contributed by atoms with E-state index in [9.17, 15) is 9.59 Å². The van der Waals surface area contributed by atoms with Gasteiger partial charge in [-0.3, -0.25) is 14.2 Å². The molecule has 1 amide bonds. The highest BCUT2D eigenvalue weighted by atomic mass is 35.5. The maximum atomic E-state index is 12.9. The van der Waals surface area contributed by atoms with Crippen LogP contribution in [0.25, 0.3) is 10.9 Å². The number of nitrogens with zero attached hydrogens (tertiary/aromatic N) is 4. The third-order valence-electron chi connectivity index (χ3n) is 4.73. The lowest BCUT2D eigenvalue weighted by molar-refractivity contribution is -0.115. The predicted molar refractivity (Wildman–Crippen MR) is 130 cm³/mol. The number of para-hydroxylation sites is 2. The highest BCUT2D eigenvalue weighted by molar-refractivity contribution is 7.98. The quantitative estimate of drug-likeness (QED) is 0.209. The Morgan fingerprint density at radius 2 is 2.12 bits per heavy atom. The summed E-state index contributed by atoms with van der Waals surface area (Å²) in [4.78, 5) is 34.1. The number of carbonyl (C=O) groups is 1. The number of thioether (sulfide) groups is 1. The summed E-state index contributed by atoms with van der Waals surface area (Å²) in [7, 11) is 1.53. The lowest BCUT2D eigenvalue weighted by Gasteiger charge is -2.10. The van der Waals surface area contributed by atoms with E-state index in [0.717, 1.165) is 0 Å². The number of fused-ring (bicyclic) bond motifs is 1. The minimum absolute atomic E-state index is 0.0693. The van der Waals surface area contributed by atoms with Crippen molar-refractivity contribution < 1.29 is 14.1 Å². The second-order valence-corrected chi connectivity index (χ2v) is 8.46. The van der Waals surface area contributed by atoms with Crippen molar-refractivity contribution >= 4 is 45.9 Å². The number of methoxy groups -OCH3 is 1. The lowest BCUT2D eigenvalue weighted by Crippen LogP contribution is -2.22. The van der Waals surface area contributed by atoms with E-state index < -0.39 is 0 Å². The number of ether oxygens (including phenoxy) is 1. The van der Waals surface area contributed by atoms with Gasteiger partial charge in [-0.2, -0.15) is 4.98 Å². The van der Waals surface area contributed by atoms with Gasteiger partial charge in [0.05, 0.1) is 35.9 Å². The molecule has 0 saturated heterocycles. The van der Waals surface area contributed by atoms with Crippen molar-refractivity contribution in [1.82, 2.24) is 19.7 Å². The highest BCUT2D eigenvalue weighted by Crippen LogP contribution is 2.24. The summed E-state index contributed by atoms with van der Waals surface area (Å²) in [6, 6.07) is 12.0. The van der Waals surface area contributed by atoms with Gasteiger partial charge in [0.2, 0.25) is 11.8 Å². The third-order valence-corrected chi connectivity index (χ3v) is 5.92. The molecule has 11 heteroatoms. The molecule has 1 N–H and O–H groups in total. The summed E-state index contributed by atoms with van der Waals surface area (Å²) >= 11 is 7.33. The zero-order chi connectivity index (χ0) is 24.1. The van der Waals surface area contributed by atoms with Crippen LogP contribution in [0.5, 0.6) is 5.75 Å². The van der Waals surface area contributed by atoms with E-state index in [1.54, 1.807) is 42.5 Å². The molecule has 0 unspecified atom stereocenters. The van der Waals surface area contributed by atoms with Crippen molar-refractivity contribution in [2.45, 2.75) is 23.9 Å². The molecule has 0 aliphatic heterocycles. The van der Waals surface area contributed by atoms with E-state index in [4.69, 9.17) is 20.9 Å². The summed E-state index contributed by atoms with van der Waals surface area (Å²) in [5.41, 5.74) is 0.861. The first-order chi connectivity index (χ1) is 16.5. The molecule has 0 fully saturated rings. The van der Waals surface area contributed by atoms with Crippen LogP contribution in [-0.2, 0) is 23.5 Å². The molecule has 34 heavy (non-hydrogen) atoms. The number of amides is 1. The fourth-order valence-electron chi connectivity index (χ4n) is 3.21. The largest absolute Gasteiger partial charge is 0.495 e. The zero-order valence-electron chi connectivity index (χ0n) is 18.2. The lowest BCUT2D eigenvalue weighted by atomic mass is 10.2. The predicted octanol–water partition coefficient (Wildman–Crippen LogP) is 4.10. The normalized spacial score (nSPS) is 10.9. The van der Waals surface area contributed by atoms with E-state index >= 15 is 0 Å². The first kappa shape index (κ1) is 23.5. The Hall–Kier alpha value is -3.63. The molecule has 4 rings (SSSR count). The fraction of sp³-hybridized carbons (Fsp3) is 0.174. The molecule has 2 heterocycles. The molecule has 0 spiro atoms. The van der Waals surface area contributed by atoms with Gasteiger partial charge in [-0.15, -0.1) is 6.58 Å². The molecule has 9 nitrogen and oxygen atoms in total. The topological polar surface area (TPSA) is 112 Å². The van der Waals surface area contributed by atoms with Gasteiger partial charge in [0, 0.05) is 11.6 Å². The standard InChI is InChI=1S/C23H20ClN5O4S/c1-3-10-29-22(31)15-9-8-14(24)11-17(15)26-23(29)34-13-21-27-19(28-33-21)12-20(30)25-16-6-4-5-7-18(16)32-2/h3-9,11H,1,10,12-13H2,2H3,(H,25,30). The summed E-state index contributed by atoms with van der Waals surface area (Å²) in [6.45, 7) is 4.01. The van der Waals surface area contributed by atoms with E-state index in [1.807, 2.05) is 6.07 Å². The number of anilines is 1. The van der Waals surface area contributed by atoms with Gasteiger partial charge in [-0.25, -0.2) is 4.98 Å². The molecule has 4 aromatic rings. The number of hydrogen-bond donors (Lipinski definition) is 1. The number of benzene rings is 2. The Labute approximate surface area is 203 Å². The van der Waals surface area contributed by atoms with Crippen LogP contribution in [0.4, 0.5) is 5.69 Å². The van der Waals surface area contributed by atoms with Crippen molar-refractivity contribution in [3.05, 3.63) is 82.2 Å². The van der Waals surface area contributed by atoms with Gasteiger partial charge in [0.1, 0.15) is 5.75 Å². The van der Waals surface area contributed by atoms with Crippen molar-refractivity contribution in [2.75, 3.05) is 12.4 Å². The number of carbonyl (C=O) groups excluding carboxylic acids is 1. The minimum atomic E-state index is -0.308. The van der Waals surface area contributed by atoms with Gasteiger partial charge in [0.25, 0.3) is 5.56 Å². The van der Waals surface area contributed by atoms with Gasteiger partial charge in [-0.05, 0) is 30.3 Å². The molecule has 0 bridgehead atoms. The molecular formula is C23H20ClN5O4S. The summed E-state index contributed by atoms with van der Waals surface area (Å²) < 4.78 is 12.0. The smallest absolute Gasteiger partial charge is 0.262 e. The maximum Gasteiger partial charge on any atom is 0.262 e. The molecule has 0 radical (unpaired) electrons. The van der Waals surface area contributed by atoms with Crippen molar-refractivity contribution in [3.8, 4) is 5.75 Å². The van der Waals surface area contributed by atoms with Crippen LogP contribution in [0.2, 0.25) is 5.02 Å². The summed E-state index contributed by atoms with van der Waals surface area (Å²) in [6.07, 6.45) is 1.56. The number of allylic oxidation sites excluding steroid dienone is 1. The molecule has 0 aliphatic carbocycles. The van der Waals surface area contributed by atoms with Crippen molar-refractivity contribution in [3.63, 3.8) is 0 Å². The molecule has 174 valence electrons. The second kappa shape index (κ2) is 10.5. The summed E-state index contributed by atoms with van der Waals surface area (Å²) in [5.74, 6) is 1.05. The van der Waals surface area contributed by atoms with Crippen LogP contribution in [0, 0.1) is 0 Å². The zero-order valence-corrected chi connectivity index (χ0v) is 19.7. The molecule has 2 aromatic carbocycles. The molecular weight excluding hydrogens is 478 g/mol. The number of nitrogens with one attached hydrogen (secondary N) is 1. The average molecular weight is 498 g/mol. The van der Waals surface area contributed by atoms with Crippen LogP contribution in [0.3, 0.4) is 0 Å². The third kappa shape index (κ3) is 5.29. The van der Waals surface area contributed by atoms with E-state index in [2.05, 4.69) is 27.0 Å². The van der Waals surface area contributed by atoms with Gasteiger partial charge in [-0.1, -0.05) is 46.7 Å². The van der Waals surface area contributed by atoms with Crippen LogP contribution >= 0.6 is 23.4 Å².